The number of carbonyl (C=O) groups is 1. The lowest BCUT2D eigenvalue weighted by Gasteiger charge is -2.32. The van der Waals surface area contributed by atoms with Crippen molar-refractivity contribution < 1.29 is 13.9 Å². The van der Waals surface area contributed by atoms with Gasteiger partial charge in [0.05, 0.1) is 18.8 Å². The summed E-state index contributed by atoms with van der Waals surface area (Å²) in [5.41, 5.74) is 0.809. The number of ether oxygens (including phenoxy) is 1. The predicted octanol–water partition coefficient (Wildman–Crippen LogP) is 1.82. The molecule has 0 aliphatic carbocycles. The van der Waals surface area contributed by atoms with E-state index in [9.17, 15) is 4.79 Å². The van der Waals surface area contributed by atoms with E-state index in [-0.39, 0.29) is 17.9 Å². The Bertz CT molecular complexity index is 731. The molecule has 1 unspecified atom stereocenters. The molecule has 134 valence electrons. The molecule has 1 fully saturated rings. The van der Waals surface area contributed by atoms with Crippen LogP contribution in [0.2, 0.25) is 0 Å². The lowest BCUT2D eigenvalue weighted by molar-refractivity contribution is -0.139. The van der Waals surface area contributed by atoms with Crippen LogP contribution in [-0.2, 0) is 16.0 Å². The molecule has 0 spiro atoms. The van der Waals surface area contributed by atoms with Gasteiger partial charge in [-0.05, 0) is 13.0 Å². The maximum atomic E-state index is 12.5. The van der Waals surface area contributed by atoms with Crippen LogP contribution in [0.1, 0.15) is 55.6 Å². The lowest BCUT2D eigenvalue weighted by Crippen LogP contribution is -2.42. The number of rotatable bonds is 5. The first kappa shape index (κ1) is 17.5. The Morgan fingerprint density at radius 1 is 1.40 bits per heavy atom. The Kier molecular flexibility index (Phi) is 5.37. The van der Waals surface area contributed by atoms with Crippen LogP contribution in [0.5, 0.6) is 0 Å². The quantitative estimate of drug-likeness (QED) is 0.816. The Hall–Kier alpha value is -2.35. The van der Waals surface area contributed by atoms with Gasteiger partial charge in [-0.3, -0.25) is 4.79 Å². The number of hydrogen-bond donors (Lipinski definition) is 0. The summed E-state index contributed by atoms with van der Waals surface area (Å²) in [6, 6.07) is 1.83. The van der Waals surface area contributed by atoms with E-state index in [1.165, 1.54) is 0 Å². The topological polar surface area (TPSA) is 94.2 Å². The molecule has 2 aromatic heterocycles. The number of hydrogen-bond acceptors (Lipinski definition) is 7. The third kappa shape index (κ3) is 4.39. The van der Waals surface area contributed by atoms with Crippen molar-refractivity contribution in [3.63, 3.8) is 0 Å². The molecule has 2 aromatic rings. The van der Waals surface area contributed by atoms with Crippen LogP contribution >= 0.6 is 0 Å². The van der Waals surface area contributed by atoms with Crippen molar-refractivity contribution in [2.75, 3.05) is 19.7 Å². The first-order valence-corrected chi connectivity index (χ1v) is 8.54. The Morgan fingerprint density at radius 2 is 2.24 bits per heavy atom. The second-order valence-corrected chi connectivity index (χ2v) is 6.42. The average molecular weight is 345 g/mol. The number of nitrogens with zero attached hydrogens (tertiary/aromatic N) is 5. The normalized spacial score (nSPS) is 17.9. The first-order valence-electron chi connectivity index (χ1n) is 8.54. The van der Waals surface area contributed by atoms with Crippen molar-refractivity contribution in [2.24, 2.45) is 0 Å². The summed E-state index contributed by atoms with van der Waals surface area (Å²) in [4.78, 5) is 22.8. The molecule has 1 atom stereocenters. The van der Waals surface area contributed by atoms with Gasteiger partial charge in [-0.1, -0.05) is 13.8 Å². The molecule has 3 rings (SSSR count). The molecule has 0 saturated carbocycles. The van der Waals surface area contributed by atoms with E-state index < -0.39 is 0 Å². The molecule has 0 aromatic carbocycles. The van der Waals surface area contributed by atoms with E-state index >= 15 is 0 Å². The summed E-state index contributed by atoms with van der Waals surface area (Å²) in [7, 11) is 0. The van der Waals surface area contributed by atoms with Crippen LogP contribution in [0.4, 0.5) is 0 Å². The van der Waals surface area contributed by atoms with Crippen LogP contribution in [0.3, 0.4) is 0 Å². The molecule has 1 aliphatic heterocycles. The summed E-state index contributed by atoms with van der Waals surface area (Å²) in [5.74, 6) is 2.06. The summed E-state index contributed by atoms with van der Waals surface area (Å²) < 4.78 is 11.3. The average Bonchev–Trinajstić information content (AvgIpc) is 3.09. The second-order valence-electron chi connectivity index (χ2n) is 6.42. The Labute approximate surface area is 146 Å². The van der Waals surface area contributed by atoms with Gasteiger partial charge in [0.25, 0.3) is 0 Å². The zero-order valence-electron chi connectivity index (χ0n) is 14.8. The number of aryl methyl sites for hydroxylation is 2. The molecule has 8 heteroatoms. The van der Waals surface area contributed by atoms with Gasteiger partial charge in [0.15, 0.2) is 0 Å². The van der Waals surface area contributed by atoms with Gasteiger partial charge >= 0.3 is 0 Å². The fourth-order valence-corrected chi connectivity index (χ4v) is 2.68. The van der Waals surface area contributed by atoms with E-state index in [2.05, 4.69) is 20.2 Å². The van der Waals surface area contributed by atoms with Crippen LogP contribution in [0.15, 0.2) is 16.7 Å². The Balaban J connectivity index is 1.56. The molecule has 0 radical (unpaired) electrons. The Morgan fingerprint density at radius 3 is 2.96 bits per heavy atom. The van der Waals surface area contributed by atoms with Crippen molar-refractivity contribution in [2.45, 2.75) is 45.6 Å². The minimum absolute atomic E-state index is 0.0587. The highest BCUT2D eigenvalue weighted by molar-refractivity contribution is 5.76. The van der Waals surface area contributed by atoms with E-state index in [4.69, 9.17) is 9.15 Å². The van der Waals surface area contributed by atoms with Gasteiger partial charge in [0.1, 0.15) is 11.9 Å². The fourth-order valence-electron chi connectivity index (χ4n) is 2.68. The lowest BCUT2D eigenvalue weighted by atomic mass is 10.1. The summed E-state index contributed by atoms with van der Waals surface area (Å²) in [6.45, 7) is 7.40. The molecule has 0 bridgehead atoms. The summed E-state index contributed by atoms with van der Waals surface area (Å²) >= 11 is 0. The third-order valence-corrected chi connectivity index (χ3v) is 4.08. The fraction of sp³-hybridized carbons (Fsp3) is 0.588. The minimum atomic E-state index is -0.213. The molecule has 0 N–H and O–H groups in total. The van der Waals surface area contributed by atoms with Crippen molar-refractivity contribution in [1.29, 1.82) is 0 Å². The number of aromatic nitrogens is 4. The van der Waals surface area contributed by atoms with Gasteiger partial charge in [-0.2, -0.15) is 0 Å². The smallest absolute Gasteiger partial charge is 0.223 e. The van der Waals surface area contributed by atoms with Gasteiger partial charge in [-0.15, -0.1) is 10.2 Å². The molecule has 1 amide bonds. The van der Waals surface area contributed by atoms with Gasteiger partial charge in [-0.25, -0.2) is 9.97 Å². The van der Waals surface area contributed by atoms with E-state index in [0.717, 1.165) is 5.69 Å². The molecule has 1 aliphatic rings. The molecular weight excluding hydrogens is 322 g/mol. The van der Waals surface area contributed by atoms with Crippen LogP contribution in [-0.4, -0.2) is 50.7 Å². The molecule has 25 heavy (non-hydrogen) atoms. The highest BCUT2D eigenvalue weighted by atomic mass is 16.5. The molecule has 1 saturated heterocycles. The van der Waals surface area contributed by atoms with Gasteiger partial charge in [0.2, 0.25) is 17.7 Å². The molecule has 8 nitrogen and oxygen atoms in total. The standard InChI is InChI=1S/C17H23N5O3/c1-11(2)17-21-20-15(25-17)4-5-16(23)22-8-9-24-14(10-22)13-6-7-18-12(3)19-13/h6-7,11,14H,4-5,8-10H2,1-3H3. The van der Waals surface area contributed by atoms with E-state index in [1.807, 2.05) is 31.7 Å². The summed E-state index contributed by atoms with van der Waals surface area (Å²) in [6.07, 6.45) is 2.29. The highest BCUT2D eigenvalue weighted by Crippen LogP contribution is 2.21. The van der Waals surface area contributed by atoms with Crippen LogP contribution in [0.25, 0.3) is 0 Å². The van der Waals surface area contributed by atoms with Crippen molar-refractivity contribution in [3.8, 4) is 0 Å². The monoisotopic (exact) mass is 345 g/mol. The van der Waals surface area contributed by atoms with Crippen LogP contribution < -0.4 is 0 Å². The minimum Gasteiger partial charge on any atom is -0.425 e. The maximum Gasteiger partial charge on any atom is 0.223 e. The largest absolute Gasteiger partial charge is 0.425 e. The third-order valence-electron chi connectivity index (χ3n) is 4.08. The number of carbonyl (C=O) groups excluding carboxylic acids is 1. The second kappa shape index (κ2) is 7.69. The van der Waals surface area contributed by atoms with E-state index in [1.54, 1.807) is 6.20 Å². The van der Waals surface area contributed by atoms with Crippen molar-refractivity contribution in [1.82, 2.24) is 25.1 Å². The van der Waals surface area contributed by atoms with Gasteiger partial charge < -0.3 is 14.1 Å². The predicted molar refractivity (Wildman–Crippen MR) is 88.8 cm³/mol. The SMILES string of the molecule is Cc1nccc(C2CN(C(=O)CCc3nnc(C(C)C)o3)CCO2)n1. The zero-order chi connectivity index (χ0) is 17.8. The molecular formula is C17H23N5O3. The molecule has 3 heterocycles. The van der Waals surface area contributed by atoms with Crippen molar-refractivity contribution in [3.05, 3.63) is 35.6 Å². The zero-order valence-corrected chi connectivity index (χ0v) is 14.8. The van der Waals surface area contributed by atoms with Gasteiger partial charge in [0, 0.05) is 31.5 Å². The van der Waals surface area contributed by atoms with E-state index in [0.29, 0.717) is 50.1 Å². The number of morpholine rings is 1. The summed E-state index contributed by atoms with van der Waals surface area (Å²) in [5, 5.41) is 7.99. The highest BCUT2D eigenvalue weighted by Gasteiger charge is 2.26. The van der Waals surface area contributed by atoms with Crippen molar-refractivity contribution >= 4 is 5.91 Å². The number of amides is 1. The van der Waals surface area contributed by atoms with Crippen LogP contribution in [0, 0.1) is 6.92 Å². The maximum absolute atomic E-state index is 12.5. The first-order chi connectivity index (χ1) is 12.0.